The number of hydrogen-bond acceptors (Lipinski definition) is 6. The summed E-state index contributed by atoms with van der Waals surface area (Å²) in [6.45, 7) is 5.44. The lowest BCUT2D eigenvalue weighted by molar-refractivity contribution is -0.144. The number of carbonyl (C=O) groups is 2. The lowest BCUT2D eigenvalue weighted by Crippen LogP contribution is -2.28. The summed E-state index contributed by atoms with van der Waals surface area (Å²) in [5.74, 6) is -0.863. The van der Waals surface area contributed by atoms with Crippen molar-refractivity contribution in [1.82, 2.24) is 0 Å². The SMILES string of the molecule is CCOC(=O)[C@@H](SC(=S)OCC)C(C)=O. The summed E-state index contributed by atoms with van der Waals surface area (Å²) in [7, 11) is 0. The molecule has 0 heterocycles. The molecule has 0 fully saturated rings. The third kappa shape index (κ3) is 5.74. The van der Waals surface area contributed by atoms with E-state index >= 15 is 0 Å². The van der Waals surface area contributed by atoms with Gasteiger partial charge in [-0.25, -0.2) is 0 Å². The number of Topliss-reactive ketones (excluding diaryl/α,β-unsaturated/α-hetero) is 1. The molecule has 6 heteroatoms. The highest BCUT2D eigenvalue weighted by Gasteiger charge is 2.27. The quantitative estimate of drug-likeness (QED) is 0.419. The highest BCUT2D eigenvalue weighted by molar-refractivity contribution is 8.23. The minimum atomic E-state index is -0.913. The Hall–Kier alpha value is -0.620. The fourth-order valence-corrected chi connectivity index (χ4v) is 1.88. The fraction of sp³-hybridized carbons (Fsp3) is 0.667. The van der Waals surface area contributed by atoms with Crippen molar-refractivity contribution in [2.45, 2.75) is 26.0 Å². The second kappa shape index (κ2) is 7.64. The monoisotopic (exact) mass is 250 g/mol. The molecular weight excluding hydrogens is 236 g/mol. The Morgan fingerprint density at radius 3 is 2.20 bits per heavy atom. The molecule has 0 aromatic carbocycles. The summed E-state index contributed by atoms with van der Waals surface area (Å²) in [5.41, 5.74) is 0. The number of thiocarbonyl (C=S) groups is 1. The van der Waals surface area contributed by atoms with Gasteiger partial charge in [-0.15, -0.1) is 0 Å². The molecule has 0 aliphatic rings. The van der Waals surface area contributed by atoms with Crippen LogP contribution in [0.1, 0.15) is 20.8 Å². The lowest BCUT2D eigenvalue weighted by Gasteiger charge is -2.12. The highest BCUT2D eigenvalue weighted by atomic mass is 32.2. The minimum absolute atomic E-state index is 0.186. The number of ether oxygens (including phenoxy) is 2. The van der Waals surface area contributed by atoms with Gasteiger partial charge in [0.05, 0.1) is 13.2 Å². The third-order valence-electron chi connectivity index (χ3n) is 1.35. The Bertz CT molecular complexity index is 252. The Kier molecular flexibility index (Phi) is 7.33. The second-order valence-corrected chi connectivity index (χ2v) is 4.25. The van der Waals surface area contributed by atoms with E-state index in [0.29, 0.717) is 6.61 Å². The molecule has 0 aromatic heterocycles. The van der Waals surface area contributed by atoms with Gasteiger partial charge in [-0.3, -0.25) is 9.59 Å². The van der Waals surface area contributed by atoms with Gasteiger partial charge < -0.3 is 9.47 Å². The van der Waals surface area contributed by atoms with Crippen LogP contribution in [-0.4, -0.2) is 34.6 Å². The van der Waals surface area contributed by atoms with Crippen molar-refractivity contribution in [3.8, 4) is 0 Å². The highest BCUT2D eigenvalue weighted by Crippen LogP contribution is 2.17. The molecule has 0 saturated heterocycles. The van der Waals surface area contributed by atoms with Gasteiger partial charge in [-0.1, -0.05) is 11.8 Å². The first-order chi connectivity index (χ1) is 7.02. The third-order valence-corrected chi connectivity index (χ3v) is 2.82. The molecule has 0 radical (unpaired) electrons. The molecule has 0 amide bonds. The predicted octanol–water partition coefficient (Wildman–Crippen LogP) is 1.56. The van der Waals surface area contributed by atoms with Crippen LogP contribution in [0.5, 0.6) is 0 Å². The molecular formula is C9H14O4S2. The van der Waals surface area contributed by atoms with Gasteiger partial charge in [-0.05, 0) is 33.0 Å². The fourth-order valence-electron chi connectivity index (χ4n) is 0.763. The molecule has 1 atom stereocenters. The van der Waals surface area contributed by atoms with Crippen LogP contribution in [0.25, 0.3) is 0 Å². The van der Waals surface area contributed by atoms with E-state index in [1.54, 1.807) is 13.8 Å². The Morgan fingerprint density at radius 1 is 1.27 bits per heavy atom. The molecule has 0 rings (SSSR count). The van der Waals surface area contributed by atoms with Crippen LogP contribution in [0, 0.1) is 0 Å². The summed E-state index contributed by atoms with van der Waals surface area (Å²) < 4.78 is 9.92. The van der Waals surface area contributed by atoms with Crippen molar-refractivity contribution >= 4 is 40.1 Å². The summed E-state index contributed by atoms with van der Waals surface area (Å²) in [6.07, 6.45) is 0. The van der Waals surface area contributed by atoms with Crippen molar-refractivity contribution in [3.05, 3.63) is 0 Å². The van der Waals surface area contributed by atoms with Crippen LogP contribution in [0.15, 0.2) is 0 Å². The molecule has 15 heavy (non-hydrogen) atoms. The summed E-state index contributed by atoms with van der Waals surface area (Å²) in [4.78, 5) is 22.5. The Labute approximate surface area is 98.7 Å². The summed E-state index contributed by atoms with van der Waals surface area (Å²) >= 11 is 5.74. The van der Waals surface area contributed by atoms with Crippen molar-refractivity contribution in [1.29, 1.82) is 0 Å². The van der Waals surface area contributed by atoms with Gasteiger partial charge in [-0.2, -0.15) is 0 Å². The first-order valence-corrected chi connectivity index (χ1v) is 5.82. The number of esters is 1. The molecule has 0 aliphatic carbocycles. The molecule has 86 valence electrons. The van der Waals surface area contributed by atoms with Gasteiger partial charge in [0, 0.05) is 0 Å². The number of hydrogen-bond donors (Lipinski definition) is 0. The van der Waals surface area contributed by atoms with E-state index in [4.69, 9.17) is 21.7 Å². The summed E-state index contributed by atoms with van der Waals surface area (Å²) in [5, 5.41) is -0.913. The van der Waals surface area contributed by atoms with Gasteiger partial charge >= 0.3 is 5.97 Å². The number of thioether (sulfide) groups is 1. The van der Waals surface area contributed by atoms with Crippen LogP contribution < -0.4 is 0 Å². The second-order valence-electron chi connectivity index (χ2n) is 2.54. The Balaban J connectivity index is 4.34. The molecule has 0 saturated carbocycles. The van der Waals surface area contributed by atoms with E-state index in [-0.39, 0.29) is 16.8 Å². The zero-order valence-corrected chi connectivity index (χ0v) is 10.6. The van der Waals surface area contributed by atoms with Crippen LogP contribution >= 0.6 is 24.0 Å². The number of ketones is 1. The summed E-state index contributed by atoms with van der Waals surface area (Å²) in [6, 6.07) is 0. The first-order valence-electron chi connectivity index (χ1n) is 4.53. The molecule has 0 unspecified atom stereocenters. The Morgan fingerprint density at radius 2 is 1.80 bits per heavy atom. The molecule has 0 spiro atoms. The molecule has 0 aromatic rings. The van der Waals surface area contributed by atoms with Gasteiger partial charge in [0.15, 0.2) is 11.0 Å². The first kappa shape index (κ1) is 14.4. The van der Waals surface area contributed by atoms with Crippen molar-refractivity contribution in [3.63, 3.8) is 0 Å². The molecule has 0 bridgehead atoms. The smallest absolute Gasteiger partial charge is 0.327 e. The maximum Gasteiger partial charge on any atom is 0.327 e. The zero-order valence-electron chi connectivity index (χ0n) is 8.94. The number of carbonyl (C=O) groups excluding carboxylic acids is 2. The van der Waals surface area contributed by atoms with E-state index in [1.165, 1.54) is 6.92 Å². The molecule has 4 nitrogen and oxygen atoms in total. The topological polar surface area (TPSA) is 52.6 Å². The van der Waals surface area contributed by atoms with E-state index < -0.39 is 11.2 Å². The largest absolute Gasteiger partial charge is 0.479 e. The molecule has 0 aliphatic heterocycles. The van der Waals surface area contributed by atoms with E-state index in [2.05, 4.69) is 0 Å². The van der Waals surface area contributed by atoms with Crippen LogP contribution in [0.4, 0.5) is 0 Å². The van der Waals surface area contributed by atoms with Crippen molar-refractivity contribution in [2.24, 2.45) is 0 Å². The standard InChI is InChI=1S/C9H14O4S2/c1-4-12-8(11)7(6(3)10)15-9(14)13-5-2/h7H,4-5H2,1-3H3/t7-/m0/s1. The average molecular weight is 250 g/mol. The average Bonchev–Trinajstić information content (AvgIpc) is 2.14. The van der Waals surface area contributed by atoms with E-state index in [1.807, 2.05) is 0 Å². The normalized spacial score (nSPS) is 11.7. The van der Waals surface area contributed by atoms with Crippen molar-refractivity contribution in [2.75, 3.05) is 13.2 Å². The minimum Gasteiger partial charge on any atom is -0.479 e. The van der Waals surface area contributed by atoms with Crippen LogP contribution in [0.3, 0.4) is 0 Å². The maximum absolute atomic E-state index is 11.3. The van der Waals surface area contributed by atoms with E-state index in [9.17, 15) is 9.59 Å². The predicted molar refractivity (Wildman–Crippen MR) is 62.9 cm³/mol. The zero-order chi connectivity index (χ0) is 11.8. The van der Waals surface area contributed by atoms with Crippen LogP contribution in [0.2, 0.25) is 0 Å². The molecule has 0 N–H and O–H groups in total. The van der Waals surface area contributed by atoms with Gasteiger partial charge in [0.2, 0.25) is 4.38 Å². The lowest BCUT2D eigenvalue weighted by atomic mass is 10.3. The van der Waals surface area contributed by atoms with Crippen molar-refractivity contribution < 1.29 is 19.1 Å². The van der Waals surface area contributed by atoms with Gasteiger partial charge in [0.25, 0.3) is 0 Å². The van der Waals surface area contributed by atoms with Crippen LogP contribution in [-0.2, 0) is 19.1 Å². The van der Waals surface area contributed by atoms with E-state index in [0.717, 1.165) is 11.8 Å². The number of rotatable bonds is 5. The van der Waals surface area contributed by atoms with Gasteiger partial charge in [0.1, 0.15) is 0 Å². The maximum atomic E-state index is 11.3.